The van der Waals surface area contributed by atoms with E-state index in [1.54, 1.807) is 24.3 Å². The molecular weight excluding hydrogens is 270 g/mol. The molecule has 102 valence electrons. The van der Waals surface area contributed by atoms with Crippen molar-refractivity contribution >= 4 is 10.0 Å². The van der Waals surface area contributed by atoms with Crippen molar-refractivity contribution in [3.8, 4) is 0 Å². The Morgan fingerprint density at radius 1 is 1.21 bits per heavy atom. The van der Waals surface area contributed by atoms with Crippen LogP contribution >= 0.6 is 0 Å². The van der Waals surface area contributed by atoms with E-state index in [9.17, 15) is 8.42 Å². The van der Waals surface area contributed by atoms with Crippen LogP contribution in [0.5, 0.6) is 0 Å². The van der Waals surface area contributed by atoms with Crippen molar-refractivity contribution in [2.45, 2.75) is 18.9 Å². The molecule has 0 saturated carbocycles. The highest BCUT2D eigenvalue weighted by Gasteiger charge is 2.12. The van der Waals surface area contributed by atoms with Crippen LogP contribution in [-0.2, 0) is 28.9 Å². The maximum Gasteiger partial charge on any atom is 0.216 e. The van der Waals surface area contributed by atoms with Crippen molar-refractivity contribution in [3.63, 3.8) is 0 Å². The second-order valence-corrected chi connectivity index (χ2v) is 5.71. The minimum atomic E-state index is -3.46. The molecule has 0 saturated heterocycles. The van der Waals surface area contributed by atoms with Gasteiger partial charge in [-0.05, 0) is 11.1 Å². The summed E-state index contributed by atoms with van der Waals surface area (Å²) in [6.45, 7) is -0.0728. The van der Waals surface area contributed by atoms with Crippen molar-refractivity contribution in [3.05, 3.63) is 47.6 Å². The average Bonchev–Trinajstić information content (AvgIpc) is 2.90. The fourth-order valence-electron chi connectivity index (χ4n) is 1.46. The Bertz CT molecular complexity index is 608. The maximum absolute atomic E-state index is 11.8. The van der Waals surface area contributed by atoms with Gasteiger partial charge in [-0.25, -0.2) is 13.1 Å². The number of aromatic nitrogens is 2. The molecule has 0 amide bonds. The third-order valence-corrected chi connectivity index (χ3v) is 3.72. The number of hydrogen-bond donors (Lipinski definition) is 2. The molecule has 0 bridgehead atoms. The van der Waals surface area contributed by atoms with Crippen molar-refractivity contribution in [1.29, 1.82) is 0 Å². The normalized spacial score (nSPS) is 11.6. The zero-order valence-electron chi connectivity index (χ0n) is 9.98. The molecule has 8 heteroatoms. The van der Waals surface area contributed by atoms with E-state index >= 15 is 0 Å². The van der Waals surface area contributed by atoms with Crippen molar-refractivity contribution < 1.29 is 18.0 Å². The first-order valence-electron chi connectivity index (χ1n) is 5.50. The van der Waals surface area contributed by atoms with Crippen LogP contribution in [-0.4, -0.2) is 23.7 Å². The zero-order valence-corrected chi connectivity index (χ0v) is 10.8. The molecule has 0 fully saturated rings. The highest BCUT2D eigenvalue weighted by molar-refractivity contribution is 7.88. The molecule has 0 spiro atoms. The van der Waals surface area contributed by atoms with Gasteiger partial charge in [0, 0.05) is 0 Å². The molecule has 2 rings (SSSR count). The molecule has 0 aliphatic carbocycles. The van der Waals surface area contributed by atoms with Crippen molar-refractivity contribution in [2.75, 3.05) is 0 Å². The van der Waals surface area contributed by atoms with E-state index in [1.807, 2.05) is 0 Å². The van der Waals surface area contributed by atoms with Crippen molar-refractivity contribution in [2.24, 2.45) is 0 Å². The van der Waals surface area contributed by atoms with Gasteiger partial charge >= 0.3 is 0 Å². The molecule has 19 heavy (non-hydrogen) atoms. The lowest BCUT2D eigenvalue weighted by Crippen LogP contribution is -2.25. The van der Waals surface area contributed by atoms with Crippen molar-refractivity contribution in [1.82, 2.24) is 14.9 Å². The second-order valence-electron chi connectivity index (χ2n) is 3.90. The van der Waals surface area contributed by atoms with Gasteiger partial charge < -0.3 is 9.63 Å². The molecule has 1 heterocycles. The highest BCUT2D eigenvalue weighted by Crippen LogP contribution is 2.08. The Labute approximate surface area is 110 Å². The molecule has 1 aromatic carbocycles. The molecule has 0 atom stereocenters. The molecule has 2 N–H and O–H groups in total. The van der Waals surface area contributed by atoms with Gasteiger partial charge in [0.2, 0.25) is 16.4 Å². The Morgan fingerprint density at radius 2 is 1.89 bits per heavy atom. The predicted molar refractivity (Wildman–Crippen MR) is 66.1 cm³/mol. The molecular formula is C11H13N3O4S. The molecule has 0 aliphatic rings. The summed E-state index contributed by atoms with van der Waals surface area (Å²) in [5, 5.41) is 12.4. The molecule has 0 unspecified atom stereocenters. The van der Waals surface area contributed by atoms with Crippen LogP contribution < -0.4 is 4.72 Å². The molecule has 0 aliphatic heterocycles. The lowest BCUT2D eigenvalue weighted by Gasteiger charge is -2.05. The van der Waals surface area contributed by atoms with Crippen LogP contribution in [0.3, 0.4) is 0 Å². The van der Waals surface area contributed by atoms with E-state index in [2.05, 4.69) is 19.4 Å². The van der Waals surface area contributed by atoms with Gasteiger partial charge in [0.1, 0.15) is 0 Å². The van der Waals surface area contributed by atoms with E-state index in [4.69, 9.17) is 5.11 Å². The van der Waals surface area contributed by atoms with Gasteiger partial charge in [0.25, 0.3) is 0 Å². The van der Waals surface area contributed by atoms with Gasteiger partial charge in [-0.2, -0.15) is 4.98 Å². The minimum Gasteiger partial charge on any atom is -0.392 e. The molecule has 7 nitrogen and oxygen atoms in total. The fraction of sp³-hybridized carbons (Fsp3) is 0.273. The quantitative estimate of drug-likeness (QED) is 0.783. The molecule has 0 radical (unpaired) electrons. The van der Waals surface area contributed by atoms with Gasteiger partial charge in [-0.3, -0.25) is 0 Å². The van der Waals surface area contributed by atoms with E-state index in [-0.39, 0.29) is 24.7 Å². The Hall–Kier alpha value is -1.77. The van der Waals surface area contributed by atoms with E-state index in [0.29, 0.717) is 5.56 Å². The van der Waals surface area contributed by atoms with Gasteiger partial charge in [0.15, 0.2) is 5.82 Å². The summed E-state index contributed by atoms with van der Waals surface area (Å²) in [6.07, 6.45) is 1.14. The summed E-state index contributed by atoms with van der Waals surface area (Å²) in [4.78, 5) is 3.72. The zero-order chi connectivity index (χ0) is 13.7. The van der Waals surface area contributed by atoms with Crippen LogP contribution in [0.2, 0.25) is 0 Å². The number of hydrogen-bond acceptors (Lipinski definition) is 6. The first kappa shape index (κ1) is 13.7. The number of aliphatic hydroxyl groups excluding tert-OH is 1. The van der Waals surface area contributed by atoms with Crippen LogP contribution in [0.15, 0.2) is 35.2 Å². The third kappa shape index (κ3) is 4.12. The summed E-state index contributed by atoms with van der Waals surface area (Å²) in [7, 11) is -3.46. The van der Waals surface area contributed by atoms with Gasteiger partial charge in [-0.15, -0.1) is 0 Å². The number of nitrogens with one attached hydrogen (secondary N) is 1. The van der Waals surface area contributed by atoms with Gasteiger partial charge in [-0.1, -0.05) is 29.4 Å². The Kier molecular flexibility index (Phi) is 4.25. The number of rotatable bonds is 6. The third-order valence-electron chi connectivity index (χ3n) is 2.42. The van der Waals surface area contributed by atoms with E-state index in [0.717, 1.165) is 12.0 Å². The monoisotopic (exact) mass is 283 g/mol. The number of nitrogens with zero attached hydrogens (tertiary/aromatic N) is 2. The van der Waals surface area contributed by atoms with Crippen LogP contribution in [0.25, 0.3) is 0 Å². The molecule has 1 aromatic heterocycles. The van der Waals surface area contributed by atoms with E-state index in [1.165, 1.54) is 0 Å². The maximum atomic E-state index is 11.8. The van der Waals surface area contributed by atoms with Crippen LogP contribution in [0.1, 0.15) is 17.0 Å². The first-order chi connectivity index (χ1) is 9.09. The van der Waals surface area contributed by atoms with Crippen LogP contribution in [0, 0.1) is 0 Å². The topological polar surface area (TPSA) is 105 Å². The summed E-state index contributed by atoms with van der Waals surface area (Å²) < 4.78 is 30.5. The Balaban J connectivity index is 1.96. The number of benzene rings is 1. The Morgan fingerprint density at radius 3 is 2.47 bits per heavy atom. The smallest absolute Gasteiger partial charge is 0.216 e. The predicted octanol–water partition coefficient (Wildman–Crippen LogP) is 0.182. The first-order valence-corrected chi connectivity index (χ1v) is 7.15. The second kappa shape index (κ2) is 5.91. The molecule has 2 aromatic rings. The summed E-state index contributed by atoms with van der Waals surface area (Å²) in [5.41, 5.74) is 1.37. The standard InChI is InChI=1S/C11H13N3O4S/c15-6-9-1-3-10(4-2-9)7-19(16,17)13-5-11-12-8-18-14-11/h1-4,8,13,15H,5-7H2. The van der Waals surface area contributed by atoms with E-state index < -0.39 is 10.0 Å². The highest BCUT2D eigenvalue weighted by atomic mass is 32.2. The lowest BCUT2D eigenvalue weighted by molar-refractivity contribution is 0.282. The SMILES string of the molecule is O=S(=O)(Cc1ccc(CO)cc1)NCc1ncon1. The fourth-order valence-corrected chi connectivity index (χ4v) is 2.54. The number of sulfonamides is 1. The minimum absolute atomic E-state index is 0.00639. The average molecular weight is 283 g/mol. The summed E-state index contributed by atoms with van der Waals surface area (Å²) in [6, 6.07) is 6.70. The van der Waals surface area contributed by atoms with Crippen LogP contribution in [0.4, 0.5) is 0 Å². The largest absolute Gasteiger partial charge is 0.392 e. The lowest BCUT2D eigenvalue weighted by atomic mass is 10.2. The summed E-state index contributed by atoms with van der Waals surface area (Å²) >= 11 is 0. The van der Waals surface area contributed by atoms with Gasteiger partial charge in [0.05, 0.1) is 18.9 Å². The number of aliphatic hydroxyl groups is 1. The summed E-state index contributed by atoms with van der Waals surface area (Å²) in [5.74, 6) is 0.135.